The zero-order chi connectivity index (χ0) is 16.2. The lowest BCUT2D eigenvalue weighted by atomic mass is 10.1. The van der Waals surface area contributed by atoms with Gasteiger partial charge in [0.2, 0.25) is 5.89 Å². The summed E-state index contributed by atoms with van der Waals surface area (Å²) in [5.74, 6) is 1.98. The van der Waals surface area contributed by atoms with Gasteiger partial charge >= 0.3 is 0 Å². The first-order chi connectivity index (χ1) is 11.1. The highest BCUT2D eigenvalue weighted by atomic mass is 35.5. The molecule has 6 heteroatoms. The van der Waals surface area contributed by atoms with Crippen LogP contribution in [0.3, 0.4) is 0 Å². The van der Waals surface area contributed by atoms with Gasteiger partial charge < -0.3 is 9.26 Å². The van der Waals surface area contributed by atoms with Gasteiger partial charge in [-0.3, -0.25) is 4.90 Å². The molecule has 0 amide bonds. The molecule has 1 atom stereocenters. The molecule has 124 valence electrons. The summed E-state index contributed by atoms with van der Waals surface area (Å²) in [5, 5.41) is 4.83. The lowest BCUT2D eigenvalue weighted by molar-refractivity contribution is -0.0338. The smallest absolute Gasteiger partial charge is 0.226 e. The molecule has 1 aliphatic heterocycles. The average molecular weight is 336 g/mol. The molecule has 1 fully saturated rings. The summed E-state index contributed by atoms with van der Waals surface area (Å²) < 4.78 is 11.2. The molecule has 3 rings (SSSR count). The number of aromatic nitrogens is 2. The van der Waals surface area contributed by atoms with E-state index in [4.69, 9.17) is 20.9 Å². The normalized spacial score (nSPS) is 19.4. The Hall–Kier alpha value is -1.43. The second-order valence-electron chi connectivity index (χ2n) is 6.35. The van der Waals surface area contributed by atoms with Gasteiger partial charge in [-0.1, -0.05) is 42.7 Å². The van der Waals surface area contributed by atoms with E-state index in [9.17, 15) is 0 Å². The van der Waals surface area contributed by atoms with Gasteiger partial charge in [-0.25, -0.2) is 0 Å². The van der Waals surface area contributed by atoms with Gasteiger partial charge in [-0.05, 0) is 23.6 Å². The Morgan fingerprint density at radius 2 is 2.09 bits per heavy atom. The summed E-state index contributed by atoms with van der Waals surface area (Å²) in [7, 11) is 0. The van der Waals surface area contributed by atoms with E-state index >= 15 is 0 Å². The maximum absolute atomic E-state index is 5.95. The maximum Gasteiger partial charge on any atom is 0.226 e. The fourth-order valence-electron chi connectivity index (χ4n) is 2.71. The topological polar surface area (TPSA) is 51.4 Å². The number of hydrogen-bond acceptors (Lipinski definition) is 5. The van der Waals surface area contributed by atoms with Crippen molar-refractivity contribution in [1.29, 1.82) is 0 Å². The third kappa shape index (κ3) is 4.53. The highest BCUT2D eigenvalue weighted by molar-refractivity contribution is 6.30. The van der Waals surface area contributed by atoms with Crippen molar-refractivity contribution < 1.29 is 9.26 Å². The summed E-state index contributed by atoms with van der Waals surface area (Å²) >= 11 is 5.95. The van der Waals surface area contributed by atoms with E-state index in [0.29, 0.717) is 19.1 Å². The fourth-order valence-corrected chi connectivity index (χ4v) is 2.84. The van der Waals surface area contributed by atoms with Crippen molar-refractivity contribution in [1.82, 2.24) is 15.0 Å². The molecule has 1 aromatic carbocycles. The van der Waals surface area contributed by atoms with Gasteiger partial charge in [-0.2, -0.15) is 4.98 Å². The van der Waals surface area contributed by atoms with E-state index in [0.717, 1.165) is 41.8 Å². The van der Waals surface area contributed by atoms with Crippen LogP contribution in [0.15, 0.2) is 28.8 Å². The van der Waals surface area contributed by atoms with Crippen LogP contribution < -0.4 is 0 Å². The quantitative estimate of drug-likeness (QED) is 0.837. The lowest BCUT2D eigenvalue weighted by Gasteiger charge is -2.32. The van der Waals surface area contributed by atoms with Crippen LogP contribution in [0.4, 0.5) is 0 Å². The van der Waals surface area contributed by atoms with Crippen LogP contribution in [-0.4, -0.2) is 34.7 Å². The summed E-state index contributed by atoms with van der Waals surface area (Å²) in [6, 6.07) is 7.84. The number of morpholine rings is 1. The Bertz CT molecular complexity index is 627. The molecular formula is C17H22ClN3O2. The van der Waals surface area contributed by atoms with Crippen LogP contribution in [0.1, 0.15) is 37.2 Å². The molecule has 0 saturated carbocycles. The predicted molar refractivity (Wildman–Crippen MR) is 88.3 cm³/mol. The van der Waals surface area contributed by atoms with Gasteiger partial charge in [0.15, 0.2) is 5.82 Å². The van der Waals surface area contributed by atoms with E-state index in [1.54, 1.807) is 0 Å². The number of halogens is 1. The molecule has 0 bridgehead atoms. The Kier molecular flexibility index (Phi) is 5.30. The van der Waals surface area contributed by atoms with Crippen LogP contribution in [0.2, 0.25) is 5.02 Å². The SMILES string of the molecule is CC(C)Cc1nc(CN2CCOC(c3ccc(Cl)cc3)C2)no1. The Morgan fingerprint density at radius 3 is 2.83 bits per heavy atom. The number of hydrogen-bond donors (Lipinski definition) is 0. The monoisotopic (exact) mass is 335 g/mol. The summed E-state index contributed by atoms with van der Waals surface area (Å²) in [5.41, 5.74) is 1.15. The maximum atomic E-state index is 5.95. The molecule has 0 aliphatic carbocycles. The number of ether oxygens (including phenoxy) is 1. The molecule has 0 N–H and O–H groups in total. The number of rotatable bonds is 5. The van der Waals surface area contributed by atoms with Crippen LogP contribution in [0, 0.1) is 5.92 Å². The van der Waals surface area contributed by atoms with E-state index in [2.05, 4.69) is 28.9 Å². The molecule has 2 aromatic rings. The Morgan fingerprint density at radius 1 is 1.30 bits per heavy atom. The third-order valence-corrected chi connectivity index (χ3v) is 4.10. The van der Waals surface area contributed by atoms with Gasteiger partial charge in [0.05, 0.1) is 19.3 Å². The summed E-state index contributed by atoms with van der Waals surface area (Å²) in [6.45, 7) is 7.36. The fraction of sp³-hybridized carbons (Fsp3) is 0.529. The van der Waals surface area contributed by atoms with Crippen molar-refractivity contribution in [2.24, 2.45) is 5.92 Å². The van der Waals surface area contributed by atoms with Gasteiger partial charge in [0.1, 0.15) is 0 Å². The molecule has 1 aliphatic rings. The largest absolute Gasteiger partial charge is 0.371 e. The Balaban J connectivity index is 1.60. The van der Waals surface area contributed by atoms with Gasteiger partial charge in [-0.15, -0.1) is 0 Å². The van der Waals surface area contributed by atoms with Crippen LogP contribution in [0.5, 0.6) is 0 Å². The van der Waals surface area contributed by atoms with Crippen molar-refractivity contribution in [3.8, 4) is 0 Å². The minimum Gasteiger partial charge on any atom is -0.371 e. The van der Waals surface area contributed by atoms with Crippen LogP contribution in [0.25, 0.3) is 0 Å². The first-order valence-corrected chi connectivity index (χ1v) is 8.39. The zero-order valence-electron chi connectivity index (χ0n) is 13.5. The third-order valence-electron chi connectivity index (χ3n) is 3.85. The number of nitrogens with zero attached hydrogens (tertiary/aromatic N) is 3. The number of benzene rings is 1. The average Bonchev–Trinajstić information content (AvgIpc) is 2.94. The minimum absolute atomic E-state index is 0.0584. The van der Waals surface area contributed by atoms with Crippen molar-refractivity contribution in [3.63, 3.8) is 0 Å². The van der Waals surface area contributed by atoms with Crippen molar-refractivity contribution >= 4 is 11.6 Å². The molecule has 0 radical (unpaired) electrons. The molecule has 23 heavy (non-hydrogen) atoms. The standard InChI is InChI=1S/C17H22ClN3O2/c1-12(2)9-17-19-16(20-23-17)11-21-7-8-22-15(10-21)13-3-5-14(18)6-4-13/h3-6,12,15H,7-11H2,1-2H3. The molecule has 2 heterocycles. The Labute approximate surface area is 141 Å². The predicted octanol–water partition coefficient (Wildman–Crippen LogP) is 3.50. The lowest BCUT2D eigenvalue weighted by Crippen LogP contribution is -2.38. The van der Waals surface area contributed by atoms with Gasteiger partial charge in [0.25, 0.3) is 0 Å². The molecule has 0 spiro atoms. The van der Waals surface area contributed by atoms with E-state index in [1.807, 2.05) is 24.3 Å². The van der Waals surface area contributed by atoms with Crippen molar-refractivity contribution in [2.45, 2.75) is 32.9 Å². The van der Waals surface area contributed by atoms with E-state index in [1.165, 1.54) is 0 Å². The highest BCUT2D eigenvalue weighted by Gasteiger charge is 2.23. The second kappa shape index (κ2) is 7.43. The summed E-state index contributed by atoms with van der Waals surface area (Å²) in [6.07, 6.45) is 0.881. The highest BCUT2D eigenvalue weighted by Crippen LogP contribution is 2.24. The summed E-state index contributed by atoms with van der Waals surface area (Å²) in [4.78, 5) is 6.77. The molecule has 1 saturated heterocycles. The minimum atomic E-state index is 0.0584. The second-order valence-corrected chi connectivity index (χ2v) is 6.78. The van der Waals surface area contributed by atoms with Crippen molar-refractivity contribution in [2.75, 3.05) is 19.7 Å². The van der Waals surface area contributed by atoms with Crippen LogP contribution >= 0.6 is 11.6 Å². The molecule has 1 aromatic heterocycles. The van der Waals surface area contributed by atoms with Gasteiger partial charge in [0, 0.05) is 24.5 Å². The van der Waals surface area contributed by atoms with Crippen molar-refractivity contribution in [3.05, 3.63) is 46.6 Å². The first kappa shape index (κ1) is 16.4. The van der Waals surface area contributed by atoms with E-state index in [-0.39, 0.29) is 6.10 Å². The van der Waals surface area contributed by atoms with E-state index < -0.39 is 0 Å². The zero-order valence-corrected chi connectivity index (χ0v) is 14.3. The van der Waals surface area contributed by atoms with Crippen LogP contribution in [-0.2, 0) is 17.7 Å². The molecular weight excluding hydrogens is 314 g/mol. The molecule has 1 unspecified atom stereocenters. The first-order valence-electron chi connectivity index (χ1n) is 8.01. The molecule has 5 nitrogen and oxygen atoms in total.